The number of nitrogens with one attached hydrogen (secondary N) is 1. The first-order valence-corrected chi connectivity index (χ1v) is 7.59. The Morgan fingerprint density at radius 1 is 1.40 bits per heavy atom. The van der Waals surface area contributed by atoms with Gasteiger partial charge >= 0.3 is 0 Å². The number of carbonyl (C=O) groups is 1. The summed E-state index contributed by atoms with van der Waals surface area (Å²) < 4.78 is 3.08. The first-order chi connectivity index (χ1) is 9.42. The van der Waals surface area contributed by atoms with E-state index in [2.05, 4.69) is 42.3 Å². The molecule has 0 saturated carbocycles. The van der Waals surface area contributed by atoms with Gasteiger partial charge in [-0.25, -0.2) is 0 Å². The lowest BCUT2D eigenvalue weighted by atomic mass is 10.2. The smallest absolute Gasteiger partial charge is 0.259 e. The number of halogens is 2. The van der Waals surface area contributed by atoms with E-state index in [-0.39, 0.29) is 5.91 Å². The summed E-state index contributed by atoms with van der Waals surface area (Å²) in [5, 5.41) is 7.13. The van der Waals surface area contributed by atoms with Gasteiger partial charge in [0, 0.05) is 27.9 Å². The normalized spacial score (nSPS) is 10.6. The summed E-state index contributed by atoms with van der Waals surface area (Å²) in [5.74, 6) is -0.193. The molecule has 0 aliphatic heterocycles. The molecule has 1 aromatic carbocycles. The van der Waals surface area contributed by atoms with E-state index in [0.717, 1.165) is 14.6 Å². The second-order valence-electron chi connectivity index (χ2n) is 4.33. The largest absolute Gasteiger partial charge is 0.399 e. The molecule has 0 spiro atoms. The number of amides is 1. The zero-order chi connectivity index (χ0) is 14.9. The molecular formula is C13H14Br2N4O. The fraction of sp³-hybridized carbons (Fsp3) is 0.231. The molecule has 2 rings (SSSR count). The number of nitrogen functional groups attached to an aromatic ring is 1. The van der Waals surface area contributed by atoms with Crippen LogP contribution in [0.5, 0.6) is 0 Å². The third kappa shape index (κ3) is 3.04. The third-order valence-electron chi connectivity index (χ3n) is 2.79. The number of nitrogens with two attached hydrogens (primary N) is 1. The van der Waals surface area contributed by atoms with E-state index >= 15 is 0 Å². The summed E-state index contributed by atoms with van der Waals surface area (Å²) in [7, 11) is 1.80. The molecule has 0 aliphatic rings. The van der Waals surface area contributed by atoms with E-state index in [1.807, 2.05) is 6.92 Å². The van der Waals surface area contributed by atoms with Crippen LogP contribution < -0.4 is 11.1 Å². The number of aryl methyl sites for hydroxylation is 2. The number of nitrogens with zero attached hydrogens (tertiary/aromatic N) is 2. The number of anilines is 2. The van der Waals surface area contributed by atoms with Crippen LogP contribution in [-0.4, -0.2) is 15.7 Å². The Morgan fingerprint density at radius 2 is 2.00 bits per heavy atom. The van der Waals surface area contributed by atoms with Crippen LogP contribution in [0.15, 0.2) is 27.3 Å². The Balaban J connectivity index is 2.32. The molecule has 0 saturated heterocycles. The molecule has 106 valence electrons. The average molecular weight is 402 g/mol. The van der Waals surface area contributed by atoms with Gasteiger partial charge < -0.3 is 11.1 Å². The van der Waals surface area contributed by atoms with Crippen LogP contribution >= 0.6 is 31.9 Å². The molecule has 1 heterocycles. The van der Waals surface area contributed by atoms with Crippen LogP contribution in [0.1, 0.15) is 23.0 Å². The highest BCUT2D eigenvalue weighted by Crippen LogP contribution is 2.33. The lowest BCUT2D eigenvalue weighted by Gasteiger charge is -2.10. The third-order valence-corrected chi connectivity index (χ3v) is 4.04. The monoisotopic (exact) mass is 400 g/mol. The Kier molecular flexibility index (Phi) is 4.49. The predicted molar refractivity (Wildman–Crippen MR) is 86.8 cm³/mol. The Morgan fingerprint density at radius 3 is 2.55 bits per heavy atom. The van der Waals surface area contributed by atoms with Crippen LogP contribution in [0, 0.1) is 0 Å². The van der Waals surface area contributed by atoms with Gasteiger partial charge in [0.1, 0.15) is 0 Å². The highest BCUT2D eigenvalue weighted by Gasteiger charge is 2.17. The second-order valence-corrected chi connectivity index (χ2v) is 6.04. The van der Waals surface area contributed by atoms with Gasteiger partial charge in [-0.3, -0.25) is 9.48 Å². The standard InChI is InChI=1S/C13H14Br2N4O/c1-3-11-8(6-19(2)18-11)13(20)17-12-9(14)4-7(16)5-10(12)15/h4-6H,3,16H2,1-2H3,(H,17,20). The number of rotatable bonds is 3. The van der Waals surface area contributed by atoms with Crippen molar-refractivity contribution in [1.82, 2.24) is 9.78 Å². The molecule has 20 heavy (non-hydrogen) atoms. The van der Waals surface area contributed by atoms with Crippen LogP contribution in [0.2, 0.25) is 0 Å². The van der Waals surface area contributed by atoms with Gasteiger partial charge in [0.15, 0.2) is 0 Å². The van der Waals surface area contributed by atoms with Crippen molar-refractivity contribution in [1.29, 1.82) is 0 Å². The molecule has 0 bridgehead atoms. The maximum atomic E-state index is 12.4. The summed E-state index contributed by atoms with van der Waals surface area (Å²) in [6.07, 6.45) is 2.42. The van der Waals surface area contributed by atoms with Gasteiger partial charge in [0.05, 0.1) is 16.9 Å². The van der Waals surface area contributed by atoms with E-state index in [0.29, 0.717) is 23.4 Å². The average Bonchev–Trinajstić information content (AvgIpc) is 2.75. The van der Waals surface area contributed by atoms with Crippen LogP contribution in [0.3, 0.4) is 0 Å². The minimum Gasteiger partial charge on any atom is -0.399 e. The van der Waals surface area contributed by atoms with Crippen molar-refractivity contribution in [3.05, 3.63) is 38.5 Å². The van der Waals surface area contributed by atoms with Crippen LogP contribution in [0.25, 0.3) is 0 Å². The molecule has 0 unspecified atom stereocenters. The maximum absolute atomic E-state index is 12.4. The van der Waals surface area contributed by atoms with E-state index < -0.39 is 0 Å². The summed E-state index contributed by atoms with van der Waals surface area (Å²) in [5.41, 5.74) is 8.34. The number of hydrogen-bond donors (Lipinski definition) is 2. The molecule has 3 N–H and O–H groups in total. The molecule has 5 nitrogen and oxygen atoms in total. The topological polar surface area (TPSA) is 72.9 Å². The van der Waals surface area contributed by atoms with Crippen molar-refractivity contribution < 1.29 is 4.79 Å². The van der Waals surface area contributed by atoms with E-state index in [4.69, 9.17) is 5.73 Å². The highest BCUT2D eigenvalue weighted by molar-refractivity contribution is 9.11. The minimum atomic E-state index is -0.193. The number of benzene rings is 1. The zero-order valence-corrected chi connectivity index (χ0v) is 14.2. The van der Waals surface area contributed by atoms with Crippen molar-refractivity contribution in [3.63, 3.8) is 0 Å². The van der Waals surface area contributed by atoms with E-state index in [1.54, 1.807) is 30.1 Å². The number of hydrogen-bond acceptors (Lipinski definition) is 3. The lowest BCUT2D eigenvalue weighted by molar-refractivity contribution is 0.102. The molecular weight excluding hydrogens is 388 g/mol. The fourth-order valence-electron chi connectivity index (χ4n) is 1.88. The Bertz CT molecular complexity index is 643. The predicted octanol–water partition coefficient (Wildman–Crippen LogP) is 3.34. The lowest BCUT2D eigenvalue weighted by Crippen LogP contribution is -2.14. The van der Waals surface area contributed by atoms with Crippen molar-refractivity contribution in [2.75, 3.05) is 11.1 Å². The summed E-state index contributed by atoms with van der Waals surface area (Å²) in [6.45, 7) is 1.97. The van der Waals surface area contributed by atoms with E-state index in [9.17, 15) is 4.79 Å². The van der Waals surface area contributed by atoms with Gasteiger partial charge in [-0.2, -0.15) is 5.10 Å². The SMILES string of the molecule is CCc1nn(C)cc1C(=O)Nc1c(Br)cc(N)cc1Br. The van der Waals surface area contributed by atoms with Crippen molar-refractivity contribution in [2.45, 2.75) is 13.3 Å². The molecule has 0 aliphatic carbocycles. The Hall–Kier alpha value is -1.34. The van der Waals surface area contributed by atoms with Gasteiger partial charge in [-0.1, -0.05) is 6.92 Å². The summed E-state index contributed by atoms with van der Waals surface area (Å²) in [4.78, 5) is 12.4. The molecule has 0 atom stereocenters. The first-order valence-electron chi connectivity index (χ1n) is 6.00. The van der Waals surface area contributed by atoms with Gasteiger partial charge in [-0.05, 0) is 50.4 Å². The van der Waals surface area contributed by atoms with Crippen LogP contribution in [-0.2, 0) is 13.5 Å². The molecule has 1 amide bonds. The van der Waals surface area contributed by atoms with Crippen LogP contribution in [0.4, 0.5) is 11.4 Å². The first kappa shape index (κ1) is 15.1. The zero-order valence-electron chi connectivity index (χ0n) is 11.1. The Labute approximate surface area is 133 Å². The molecule has 2 aromatic rings. The van der Waals surface area contributed by atoms with Crippen molar-refractivity contribution in [3.8, 4) is 0 Å². The van der Waals surface area contributed by atoms with Gasteiger partial charge in [0.2, 0.25) is 0 Å². The van der Waals surface area contributed by atoms with Crippen molar-refractivity contribution >= 4 is 49.1 Å². The molecule has 1 aromatic heterocycles. The quantitative estimate of drug-likeness (QED) is 0.774. The minimum absolute atomic E-state index is 0.193. The highest BCUT2D eigenvalue weighted by atomic mass is 79.9. The van der Waals surface area contributed by atoms with Gasteiger partial charge in [0.25, 0.3) is 5.91 Å². The van der Waals surface area contributed by atoms with Crippen molar-refractivity contribution in [2.24, 2.45) is 7.05 Å². The second kappa shape index (κ2) is 5.97. The summed E-state index contributed by atoms with van der Waals surface area (Å²) >= 11 is 6.79. The van der Waals surface area contributed by atoms with E-state index in [1.165, 1.54) is 0 Å². The molecule has 0 radical (unpaired) electrons. The maximum Gasteiger partial charge on any atom is 0.259 e. The summed E-state index contributed by atoms with van der Waals surface area (Å²) in [6, 6.07) is 3.48. The molecule has 7 heteroatoms. The number of carbonyl (C=O) groups excluding carboxylic acids is 1. The number of aromatic nitrogens is 2. The molecule has 0 fully saturated rings. The van der Waals surface area contributed by atoms with Gasteiger partial charge in [-0.15, -0.1) is 0 Å². The fourth-order valence-corrected chi connectivity index (χ4v) is 3.30.